The van der Waals surface area contributed by atoms with Crippen molar-refractivity contribution in [1.29, 1.82) is 0 Å². The molecule has 35 heavy (non-hydrogen) atoms. The Morgan fingerprint density at radius 3 is 2.46 bits per heavy atom. The first-order chi connectivity index (χ1) is 16.4. The Kier molecular flexibility index (Phi) is 11.4. The number of piperidine rings is 1. The average molecular weight is 656 g/mol. The van der Waals surface area contributed by atoms with E-state index in [1.807, 2.05) is 37.9 Å². The van der Waals surface area contributed by atoms with Crippen LogP contribution in [0, 0.1) is 0 Å². The molecule has 3 aromatic rings. The molecule has 1 unspecified atom stereocenters. The molecular formula is C25H32F2N5O2W-. The van der Waals surface area contributed by atoms with Crippen molar-refractivity contribution in [2.24, 2.45) is 0 Å². The van der Waals surface area contributed by atoms with Gasteiger partial charge in [0, 0.05) is 65.5 Å². The van der Waals surface area contributed by atoms with E-state index in [4.69, 9.17) is 4.84 Å². The quantitative estimate of drug-likeness (QED) is 0.345. The Balaban J connectivity index is 0.000000370. The Morgan fingerprint density at radius 2 is 1.89 bits per heavy atom. The number of rotatable bonds is 5. The molecule has 1 N–H and O–H groups in total. The zero-order valence-corrected chi connectivity index (χ0v) is 23.2. The number of pyridine rings is 3. The van der Waals surface area contributed by atoms with Crippen LogP contribution < -0.4 is 5.56 Å². The normalized spacial score (nSPS) is 17.6. The first kappa shape index (κ1) is 29.0. The summed E-state index contributed by atoms with van der Waals surface area (Å²) in [6.45, 7) is 6.43. The maximum absolute atomic E-state index is 13.2. The second kappa shape index (κ2) is 13.8. The van der Waals surface area contributed by atoms with Gasteiger partial charge in [-0.15, -0.1) is 0 Å². The van der Waals surface area contributed by atoms with Crippen LogP contribution in [-0.2, 0) is 25.9 Å². The summed E-state index contributed by atoms with van der Waals surface area (Å²) in [5.41, 5.74) is 5.91. The number of nitrogens with zero attached hydrogens (tertiary/aromatic N) is 4. The zero-order valence-electron chi connectivity index (χ0n) is 20.3. The van der Waals surface area contributed by atoms with Crippen LogP contribution in [0.3, 0.4) is 0 Å². The second-order valence-corrected chi connectivity index (χ2v) is 8.17. The summed E-state index contributed by atoms with van der Waals surface area (Å²) in [7, 11) is 0. The van der Waals surface area contributed by atoms with Gasteiger partial charge in [-0.05, 0) is 54.6 Å². The van der Waals surface area contributed by atoms with Crippen molar-refractivity contribution in [3.8, 4) is 0 Å². The molecule has 190 valence electrons. The third-order valence-corrected chi connectivity index (χ3v) is 5.62. The molecule has 4 heterocycles. The fourth-order valence-electron chi connectivity index (χ4n) is 3.50. The SMILES string of the molecule is CC.CC(O[N-]c1ccc2cc(C3CC3)cnc2n1)N1CCC(F)(F)CC1.O=c1cccc[nH]1.[W]. The molecule has 0 bridgehead atoms. The molecule has 1 saturated carbocycles. The summed E-state index contributed by atoms with van der Waals surface area (Å²) < 4.78 is 26.4. The van der Waals surface area contributed by atoms with Crippen LogP contribution in [0.25, 0.3) is 16.5 Å². The number of nitrogens with one attached hydrogen (secondary N) is 1. The molecule has 1 aliphatic carbocycles. The molecule has 1 saturated heterocycles. The molecule has 0 aromatic carbocycles. The number of aromatic nitrogens is 3. The predicted molar refractivity (Wildman–Crippen MR) is 129 cm³/mol. The number of H-pyrrole nitrogens is 1. The molecule has 2 fully saturated rings. The van der Waals surface area contributed by atoms with Crippen LogP contribution in [0.15, 0.2) is 53.6 Å². The largest absolute Gasteiger partial charge is 0.418 e. The second-order valence-electron chi connectivity index (χ2n) is 8.17. The average Bonchev–Trinajstić information content (AvgIpc) is 3.70. The minimum absolute atomic E-state index is 0. The van der Waals surface area contributed by atoms with E-state index < -0.39 is 5.92 Å². The maximum atomic E-state index is 13.2. The third-order valence-electron chi connectivity index (χ3n) is 5.62. The minimum Gasteiger partial charge on any atom is -0.418 e. The number of halogens is 2. The smallest absolute Gasteiger partial charge is 0.250 e. The van der Waals surface area contributed by atoms with E-state index in [9.17, 15) is 13.6 Å². The van der Waals surface area contributed by atoms with E-state index in [0.29, 0.717) is 30.5 Å². The number of fused-ring (bicyclic) bond motifs is 1. The van der Waals surface area contributed by atoms with Crippen LogP contribution >= 0.6 is 0 Å². The summed E-state index contributed by atoms with van der Waals surface area (Å²) in [6.07, 6.45) is 5.32. The van der Waals surface area contributed by atoms with Crippen LogP contribution in [-0.4, -0.2) is 45.1 Å². The van der Waals surface area contributed by atoms with Crippen molar-refractivity contribution in [3.63, 3.8) is 0 Å². The van der Waals surface area contributed by atoms with Gasteiger partial charge in [0.05, 0.1) is 5.65 Å². The topological polar surface area (TPSA) is 85.2 Å². The van der Waals surface area contributed by atoms with Crippen molar-refractivity contribution in [3.05, 3.63) is 70.2 Å². The first-order valence-electron chi connectivity index (χ1n) is 11.8. The minimum atomic E-state index is -2.56. The fourth-order valence-corrected chi connectivity index (χ4v) is 3.50. The number of aromatic amines is 1. The predicted octanol–water partition coefficient (Wildman–Crippen LogP) is 5.92. The van der Waals surface area contributed by atoms with Gasteiger partial charge in [-0.1, -0.05) is 32.0 Å². The van der Waals surface area contributed by atoms with E-state index in [0.717, 1.165) is 5.39 Å². The summed E-state index contributed by atoms with van der Waals surface area (Å²) in [5.74, 6) is -1.46. The summed E-state index contributed by atoms with van der Waals surface area (Å²) in [4.78, 5) is 28.8. The van der Waals surface area contributed by atoms with E-state index in [1.165, 1.54) is 24.5 Å². The van der Waals surface area contributed by atoms with Gasteiger partial charge >= 0.3 is 0 Å². The number of hydrogen-bond acceptors (Lipinski definition) is 5. The molecule has 10 heteroatoms. The van der Waals surface area contributed by atoms with E-state index in [2.05, 4.69) is 26.5 Å². The van der Waals surface area contributed by atoms with Gasteiger partial charge in [-0.25, -0.2) is 8.78 Å². The Morgan fingerprint density at radius 1 is 1.17 bits per heavy atom. The van der Waals surface area contributed by atoms with E-state index in [-0.39, 0.29) is 45.7 Å². The van der Waals surface area contributed by atoms with Crippen LogP contribution in [0.4, 0.5) is 14.6 Å². The van der Waals surface area contributed by atoms with Gasteiger partial charge in [0.2, 0.25) is 5.56 Å². The van der Waals surface area contributed by atoms with Crippen molar-refractivity contribution >= 4 is 16.9 Å². The van der Waals surface area contributed by atoms with Gasteiger partial charge < -0.3 is 20.3 Å². The standard InChI is InChI=1S/C18H21F2N4O.C5H5NO.C2H6.W/c1-12(24-8-6-18(19,20)7-9-24)25-23-16-5-4-14-10-15(13-2-3-13)11-21-17(14)22-16;7-5-3-1-2-4-6-5;1-2;/h4-5,10-13H,2-3,6-9H2,1H3;1-4H,(H,6,7);1-2H3;/q-1;;;. The van der Waals surface area contributed by atoms with Gasteiger partial charge in [-0.3, -0.25) is 14.7 Å². The molecule has 7 nitrogen and oxygen atoms in total. The van der Waals surface area contributed by atoms with Gasteiger partial charge in [0.25, 0.3) is 5.92 Å². The first-order valence-corrected chi connectivity index (χ1v) is 11.8. The summed E-state index contributed by atoms with van der Waals surface area (Å²) in [6, 6.07) is 10.8. The Hall–Kier alpha value is -2.22. The number of hydrogen-bond donors (Lipinski definition) is 1. The molecule has 1 aliphatic heterocycles. The summed E-state index contributed by atoms with van der Waals surface area (Å²) >= 11 is 0. The van der Waals surface area contributed by atoms with Crippen molar-refractivity contribution < 1.29 is 34.7 Å². The van der Waals surface area contributed by atoms with E-state index >= 15 is 0 Å². The Bertz CT molecular complexity index is 1080. The van der Waals surface area contributed by atoms with Crippen molar-refractivity contribution in [1.82, 2.24) is 19.9 Å². The van der Waals surface area contributed by atoms with Gasteiger partial charge in [-0.2, -0.15) is 0 Å². The van der Waals surface area contributed by atoms with Crippen molar-refractivity contribution in [2.45, 2.75) is 64.5 Å². The molecule has 0 spiro atoms. The van der Waals surface area contributed by atoms with Crippen molar-refractivity contribution in [2.75, 3.05) is 13.1 Å². The molecule has 0 amide bonds. The van der Waals surface area contributed by atoms with Crippen LogP contribution in [0.2, 0.25) is 0 Å². The molecular weight excluding hydrogens is 624 g/mol. The van der Waals surface area contributed by atoms with Gasteiger partial charge in [0.1, 0.15) is 6.23 Å². The monoisotopic (exact) mass is 656 g/mol. The molecule has 2 aliphatic rings. The molecule has 5 rings (SSSR count). The molecule has 0 radical (unpaired) electrons. The van der Waals surface area contributed by atoms with E-state index in [1.54, 1.807) is 24.4 Å². The summed E-state index contributed by atoms with van der Waals surface area (Å²) in [5, 5.41) is 0.995. The fraction of sp³-hybridized carbons (Fsp3) is 0.480. The van der Waals surface area contributed by atoms with Crippen LogP contribution in [0.5, 0.6) is 0 Å². The number of likely N-dealkylation sites (tertiary alicyclic amines) is 1. The maximum Gasteiger partial charge on any atom is 0.250 e. The molecule has 1 atom stereocenters. The van der Waals surface area contributed by atoms with Gasteiger partial charge in [0.15, 0.2) is 0 Å². The molecule has 3 aromatic heterocycles. The third kappa shape index (κ3) is 9.06. The Labute approximate surface area is 218 Å². The number of alkyl halides is 2. The zero-order chi connectivity index (χ0) is 24.6. The van der Waals surface area contributed by atoms with Crippen LogP contribution in [0.1, 0.15) is 57.9 Å².